The van der Waals surface area contributed by atoms with Gasteiger partial charge in [0.25, 0.3) is 10.8 Å². The SMILES string of the molecule is O=C1CS(=O)(=O)[C@]2(C(=O)N(Cc3ccccc3Cl)c3ccccc32)N1c1ccc(F)c(F)c1. The Hall–Kier alpha value is -3.30. The Balaban J connectivity index is 1.75. The Morgan fingerprint density at radius 1 is 0.939 bits per heavy atom. The molecule has 5 rings (SSSR count). The van der Waals surface area contributed by atoms with Crippen LogP contribution in [0.4, 0.5) is 20.2 Å². The largest absolute Gasteiger partial charge is 0.304 e. The molecule has 0 unspecified atom stereocenters. The van der Waals surface area contributed by atoms with Crippen LogP contribution in [0.5, 0.6) is 0 Å². The van der Waals surface area contributed by atoms with E-state index in [1.54, 1.807) is 42.5 Å². The maximum atomic E-state index is 14.1. The zero-order chi connectivity index (χ0) is 23.5. The Morgan fingerprint density at radius 2 is 1.64 bits per heavy atom. The minimum atomic E-state index is -4.42. The minimum absolute atomic E-state index is 0.0490. The summed E-state index contributed by atoms with van der Waals surface area (Å²) in [7, 11) is -4.42. The summed E-state index contributed by atoms with van der Waals surface area (Å²) in [4.78, 5) is 26.5. The van der Waals surface area contributed by atoms with Crippen LogP contribution in [0.15, 0.2) is 66.7 Å². The van der Waals surface area contributed by atoms with Crippen LogP contribution in [0.2, 0.25) is 5.02 Å². The molecule has 1 spiro atoms. The number of hydrogen-bond donors (Lipinski definition) is 0. The summed E-state index contributed by atoms with van der Waals surface area (Å²) in [6, 6.07) is 15.6. The van der Waals surface area contributed by atoms with Crippen molar-refractivity contribution in [2.75, 3.05) is 15.6 Å². The third-order valence-electron chi connectivity index (χ3n) is 5.87. The van der Waals surface area contributed by atoms with E-state index >= 15 is 0 Å². The zero-order valence-corrected chi connectivity index (χ0v) is 18.4. The van der Waals surface area contributed by atoms with E-state index in [0.29, 0.717) is 16.7 Å². The molecule has 3 aromatic carbocycles. The normalized spacial score (nSPS) is 21.2. The molecular weight excluding hydrogens is 474 g/mol. The molecule has 3 aromatic rings. The fourth-order valence-electron chi connectivity index (χ4n) is 4.47. The quantitative estimate of drug-likeness (QED) is 0.562. The van der Waals surface area contributed by atoms with Crippen molar-refractivity contribution < 1.29 is 26.8 Å². The van der Waals surface area contributed by atoms with E-state index in [1.807, 2.05) is 0 Å². The summed E-state index contributed by atoms with van der Waals surface area (Å²) in [6.07, 6.45) is 0. The molecule has 0 aromatic heterocycles. The number of rotatable bonds is 3. The Labute approximate surface area is 192 Å². The first-order chi connectivity index (χ1) is 15.7. The molecule has 0 N–H and O–H groups in total. The first-order valence-corrected chi connectivity index (χ1v) is 11.9. The summed E-state index contributed by atoms with van der Waals surface area (Å²) >= 11 is 6.27. The van der Waals surface area contributed by atoms with Crippen LogP contribution in [0.25, 0.3) is 0 Å². The van der Waals surface area contributed by atoms with E-state index in [9.17, 15) is 26.8 Å². The smallest absolute Gasteiger partial charge is 0.274 e. The molecule has 2 heterocycles. The highest BCUT2D eigenvalue weighted by Gasteiger charge is 2.69. The van der Waals surface area contributed by atoms with Crippen LogP contribution >= 0.6 is 11.6 Å². The van der Waals surface area contributed by atoms with Crippen molar-refractivity contribution in [3.05, 3.63) is 94.5 Å². The second-order valence-corrected chi connectivity index (χ2v) is 10.2. The molecule has 0 aliphatic carbocycles. The maximum Gasteiger partial charge on any atom is 0.274 e. The maximum absolute atomic E-state index is 14.1. The van der Waals surface area contributed by atoms with Crippen molar-refractivity contribution in [1.82, 2.24) is 0 Å². The number of sulfone groups is 1. The van der Waals surface area contributed by atoms with E-state index < -0.39 is 43.9 Å². The van der Waals surface area contributed by atoms with Gasteiger partial charge in [-0.15, -0.1) is 0 Å². The predicted octanol–water partition coefficient (Wildman–Crippen LogP) is 3.78. The molecule has 168 valence electrons. The van der Waals surface area contributed by atoms with Gasteiger partial charge in [0.1, 0.15) is 5.75 Å². The van der Waals surface area contributed by atoms with Crippen molar-refractivity contribution in [2.45, 2.75) is 11.4 Å². The van der Waals surface area contributed by atoms with Gasteiger partial charge in [0, 0.05) is 22.3 Å². The highest BCUT2D eigenvalue weighted by Crippen LogP contribution is 2.53. The lowest BCUT2D eigenvalue weighted by atomic mass is 10.0. The van der Waals surface area contributed by atoms with Gasteiger partial charge in [0.15, 0.2) is 21.5 Å². The van der Waals surface area contributed by atoms with Crippen LogP contribution in [0, 0.1) is 11.6 Å². The minimum Gasteiger partial charge on any atom is -0.304 e. The molecule has 1 fully saturated rings. The highest BCUT2D eigenvalue weighted by atomic mass is 35.5. The molecule has 10 heteroatoms. The zero-order valence-electron chi connectivity index (χ0n) is 16.8. The summed E-state index contributed by atoms with van der Waals surface area (Å²) in [5.41, 5.74) is 0.689. The lowest BCUT2D eigenvalue weighted by Gasteiger charge is -2.32. The molecule has 33 heavy (non-hydrogen) atoms. The third-order valence-corrected chi connectivity index (χ3v) is 8.34. The lowest BCUT2D eigenvalue weighted by molar-refractivity contribution is -0.123. The van der Waals surface area contributed by atoms with Crippen LogP contribution in [0.1, 0.15) is 11.1 Å². The second kappa shape index (κ2) is 7.36. The van der Waals surface area contributed by atoms with Crippen LogP contribution in [0.3, 0.4) is 0 Å². The topological polar surface area (TPSA) is 74.8 Å². The van der Waals surface area contributed by atoms with Crippen LogP contribution < -0.4 is 9.80 Å². The van der Waals surface area contributed by atoms with Crippen molar-refractivity contribution in [2.24, 2.45) is 0 Å². The number of fused-ring (bicyclic) bond motifs is 2. The van der Waals surface area contributed by atoms with Gasteiger partial charge in [0.05, 0.1) is 12.2 Å². The monoisotopic (exact) mass is 488 g/mol. The number of hydrogen-bond acceptors (Lipinski definition) is 4. The number of amides is 2. The summed E-state index contributed by atoms with van der Waals surface area (Å²) in [5.74, 6) is -5.19. The number of halogens is 3. The van der Waals surface area contributed by atoms with E-state index in [1.165, 1.54) is 11.0 Å². The van der Waals surface area contributed by atoms with Gasteiger partial charge in [-0.2, -0.15) is 0 Å². The van der Waals surface area contributed by atoms with Gasteiger partial charge in [-0.05, 0) is 29.8 Å². The van der Waals surface area contributed by atoms with Gasteiger partial charge >= 0.3 is 0 Å². The van der Waals surface area contributed by atoms with Gasteiger partial charge in [0.2, 0.25) is 5.91 Å². The Kier molecular flexibility index (Phi) is 4.80. The molecule has 2 amide bonds. The van der Waals surface area contributed by atoms with E-state index in [4.69, 9.17) is 11.6 Å². The highest BCUT2D eigenvalue weighted by molar-refractivity contribution is 7.94. The Morgan fingerprint density at radius 3 is 2.36 bits per heavy atom. The molecule has 1 atom stereocenters. The lowest BCUT2D eigenvalue weighted by Crippen LogP contribution is -2.54. The van der Waals surface area contributed by atoms with E-state index in [2.05, 4.69) is 0 Å². The molecule has 0 bridgehead atoms. The number of anilines is 2. The molecule has 0 radical (unpaired) electrons. The number of carbonyl (C=O) groups excluding carboxylic acids is 2. The van der Waals surface area contributed by atoms with Gasteiger partial charge in [-0.25, -0.2) is 17.2 Å². The summed E-state index contributed by atoms with van der Waals surface area (Å²) < 4.78 is 54.6. The van der Waals surface area contributed by atoms with Gasteiger partial charge in [-0.1, -0.05) is 48.0 Å². The average molecular weight is 489 g/mol. The number of carbonyl (C=O) groups is 2. The Bertz CT molecular complexity index is 1450. The molecule has 2 aliphatic heterocycles. The summed E-state index contributed by atoms with van der Waals surface area (Å²) in [5, 5.41) is 0.381. The molecule has 2 aliphatic rings. The van der Waals surface area contributed by atoms with Crippen molar-refractivity contribution in [3.8, 4) is 0 Å². The van der Waals surface area contributed by atoms with Gasteiger partial charge in [-0.3, -0.25) is 14.5 Å². The van der Waals surface area contributed by atoms with Crippen LogP contribution in [-0.2, 0) is 30.8 Å². The molecular formula is C23H15ClF2N2O4S. The van der Waals surface area contributed by atoms with E-state index in [-0.39, 0.29) is 23.5 Å². The van der Waals surface area contributed by atoms with Crippen molar-refractivity contribution in [3.63, 3.8) is 0 Å². The third kappa shape index (κ3) is 2.92. The average Bonchev–Trinajstić information content (AvgIpc) is 3.14. The molecule has 6 nitrogen and oxygen atoms in total. The van der Waals surface area contributed by atoms with Gasteiger partial charge < -0.3 is 4.90 Å². The van der Waals surface area contributed by atoms with Crippen molar-refractivity contribution in [1.29, 1.82) is 0 Å². The molecule has 0 saturated carbocycles. The standard InChI is InChI=1S/C23H15ClF2N2O4S/c24-17-7-3-1-5-14(17)12-27-20-8-4-2-6-16(20)23(22(27)30)28(21(29)13-33(23,31)32)15-9-10-18(25)19(26)11-15/h1-11H,12-13H2/t23-/m1/s1. The first-order valence-electron chi connectivity index (χ1n) is 9.84. The fraction of sp³-hybridized carbons (Fsp3) is 0.130. The number of benzene rings is 3. The number of para-hydroxylation sites is 1. The predicted molar refractivity (Wildman–Crippen MR) is 118 cm³/mol. The molecule has 1 saturated heterocycles. The summed E-state index contributed by atoms with van der Waals surface area (Å²) in [6.45, 7) is -0.0490. The second-order valence-electron chi connectivity index (χ2n) is 7.73. The first kappa shape index (κ1) is 21.5. The fourth-order valence-corrected chi connectivity index (χ4v) is 6.70. The van der Waals surface area contributed by atoms with Crippen LogP contribution in [-0.4, -0.2) is 26.0 Å². The van der Waals surface area contributed by atoms with Crippen molar-refractivity contribution >= 4 is 44.6 Å². The number of nitrogens with zero attached hydrogens (tertiary/aromatic N) is 2. The van der Waals surface area contributed by atoms with E-state index in [0.717, 1.165) is 17.0 Å².